The third-order valence-corrected chi connectivity index (χ3v) is 2.79. The average molecular weight is 282 g/mol. The number of carbonyl (C=O) groups excluding carboxylic acids is 1. The maximum atomic E-state index is 12.4. The van der Waals surface area contributed by atoms with E-state index in [-0.39, 0.29) is 29.7 Å². The van der Waals surface area contributed by atoms with Crippen molar-refractivity contribution in [3.63, 3.8) is 0 Å². The number of aliphatic hydroxyl groups is 1. The summed E-state index contributed by atoms with van der Waals surface area (Å²) in [5.74, 6) is -0.475. The van der Waals surface area contributed by atoms with E-state index in [9.17, 15) is 14.9 Å². The van der Waals surface area contributed by atoms with Gasteiger partial charge in [0, 0.05) is 25.3 Å². The Labute approximate surface area is 116 Å². The van der Waals surface area contributed by atoms with Crippen LogP contribution in [0.25, 0.3) is 0 Å². The molecule has 20 heavy (non-hydrogen) atoms. The fourth-order valence-corrected chi connectivity index (χ4v) is 1.73. The van der Waals surface area contributed by atoms with E-state index in [4.69, 9.17) is 10.8 Å². The highest BCUT2D eigenvalue weighted by Gasteiger charge is 2.23. The first-order chi connectivity index (χ1) is 9.38. The van der Waals surface area contributed by atoms with Crippen LogP contribution in [0.5, 0.6) is 0 Å². The minimum atomic E-state index is -0.628. The van der Waals surface area contributed by atoms with Gasteiger partial charge in [-0.3, -0.25) is 14.9 Å². The second-order valence-electron chi connectivity index (χ2n) is 4.55. The zero-order chi connectivity index (χ0) is 15.3. The van der Waals surface area contributed by atoms with Gasteiger partial charge in [0.1, 0.15) is 12.0 Å². The summed E-state index contributed by atoms with van der Waals surface area (Å²) in [6.45, 7) is 3.93. The Morgan fingerprint density at radius 1 is 1.60 bits per heavy atom. The summed E-state index contributed by atoms with van der Waals surface area (Å²) in [5.41, 5.74) is 5.35. The van der Waals surface area contributed by atoms with Crippen LogP contribution >= 0.6 is 0 Å². The molecule has 0 unspecified atom stereocenters. The summed E-state index contributed by atoms with van der Waals surface area (Å²) < 4.78 is 0. The van der Waals surface area contributed by atoms with Gasteiger partial charge in [-0.05, 0) is 20.3 Å². The van der Waals surface area contributed by atoms with Crippen LogP contribution < -0.4 is 5.73 Å². The van der Waals surface area contributed by atoms with Crippen molar-refractivity contribution >= 4 is 17.4 Å². The molecule has 0 aliphatic heterocycles. The highest BCUT2D eigenvalue weighted by molar-refractivity contribution is 5.99. The largest absolute Gasteiger partial charge is 0.396 e. The number of pyridine rings is 1. The first-order valence-electron chi connectivity index (χ1n) is 6.20. The van der Waals surface area contributed by atoms with E-state index in [1.54, 1.807) is 0 Å². The van der Waals surface area contributed by atoms with E-state index in [2.05, 4.69) is 4.98 Å². The molecule has 1 heterocycles. The van der Waals surface area contributed by atoms with E-state index >= 15 is 0 Å². The monoisotopic (exact) mass is 282 g/mol. The van der Waals surface area contributed by atoms with Gasteiger partial charge in [-0.2, -0.15) is 0 Å². The fraction of sp³-hybridized carbons (Fsp3) is 0.500. The van der Waals surface area contributed by atoms with Crippen molar-refractivity contribution in [2.24, 2.45) is 0 Å². The van der Waals surface area contributed by atoms with E-state index < -0.39 is 10.8 Å². The summed E-state index contributed by atoms with van der Waals surface area (Å²) in [6.07, 6.45) is 1.44. The third kappa shape index (κ3) is 3.64. The number of rotatable bonds is 6. The number of amides is 1. The Morgan fingerprint density at radius 2 is 2.25 bits per heavy atom. The van der Waals surface area contributed by atoms with Gasteiger partial charge in [0.25, 0.3) is 11.6 Å². The molecule has 0 spiro atoms. The van der Waals surface area contributed by atoms with Crippen molar-refractivity contribution < 1.29 is 14.8 Å². The zero-order valence-corrected chi connectivity index (χ0v) is 11.4. The molecule has 0 aromatic carbocycles. The number of aromatic nitrogens is 1. The number of nitrogens with zero attached hydrogens (tertiary/aromatic N) is 3. The lowest BCUT2D eigenvalue weighted by molar-refractivity contribution is -0.385. The molecule has 0 atom stereocenters. The van der Waals surface area contributed by atoms with Gasteiger partial charge >= 0.3 is 0 Å². The van der Waals surface area contributed by atoms with Crippen LogP contribution in [0.4, 0.5) is 11.5 Å². The van der Waals surface area contributed by atoms with Crippen LogP contribution in [0.2, 0.25) is 0 Å². The number of aliphatic hydroxyl groups excluding tert-OH is 1. The van der Waals surface area contributed by atoms with Gasteiger partial charge in [-0.1, -0.05) is 0 Å². The summed E-state index contributed by atoms with van der Waals surface area (Å²) in [4.78, 5) is 27.7. The molecule has 8 heteroatoms. The van der Waals surface area contributed by atoms with Crippen LogP contribution in [0.3, 0.4) is 0 Å². The molecule has 0 aliphatic carbocycles. The lowest BCUT2D eigenvalue weighted by Crippen LogP contribution is -2.38. The predicted molar refractivity (Wildman–Crippen MR) is 73.2 cm³/mol. The molecule has 8 nitrogen and oxygen atoms in total. The maximum absolute atomic E-state index is 12.4. The second kappa shape index (κ2) is 6.80. The molecule has 0 saturated carbocycles. The summed E-state index contributed by atoms with van der Waals surface area (Å²) in [5, 5.41) is 19.6. The standard InChI is InChI=1S/C12H18N4O4/c1-8(2)15(4-3-5-17)12(18)10-6-9(16(19)20)7-14-11(10)13/h6-8,17H,3-5H2,1-2H3,(H2,13,14). The summed E-state index contributed by atoms with van der Waals surface area (Å²) >= 11 is 0. The van der Waals surface area contributed by atoms with Gasteiger partial charge in [-0.15, -0.1) is 0 Å². The first-order valence-corrected chi connectivity index (χ1v) is 6.20. The van der Waals surface area contributed by atoms with Crippen molar-refractivity contribution in [1.29, 1.82) is 0 Å². The molecule has 1 aromatic rings. The quantitative estimate of drug-likeness (QED) is 0.587. The van der Waals surface area contributed by atoms with Gasteiger partial charge in [0.15, 0.2) is 0 Å². The SMILES string of the molecule is CC(C)N(CCCO)C(=O)c1cc([N+](=O)[O-])cnc1N. The second-order valence-corrected chi connectivity index (χ2v) is 4.55. The lowest BCUT2D eigenvalue weighted by atomic mass is 10.1. The molecule has 0 saturated heterocycles. The zero-order valence-electron chi connectivity index (χ0n) is 11.4. The van der Waals surface area contributed by atoms with Gasteiger partial charge < -0.3 is 15.7 Å². The molecule has 0 aliphatic rings. The van der Waals surface area contributed by atoms with Crippen LogP contribution in [0, 0.1) is 10.1 Å². The third-order valence-electron chi connectivity index (χ3n) is 2.79. The number of nitrogens with two attached hydrogens (primary N) is 1. The van der Waals surface area contributed by atoms with Crippen LogP contribution in [-0.2, 0) is 0 Å². The van der Waals surface area contributed by atoms with Crippen LogP contribution in [-0.4, -0.2) is 45.0 Å². The smallest absolute Gasteiger partial charge is 0.288 e. The predicted octanol–water partition coefficient (Wildman–Crippen LogP) is 0.805. The van der Waals surface area contributed by atoms with Gasteiger partial charge in [0.2, 0.25) is 0 Å². The number of hydrogen-bond acceptors (Lipinski definition) is 6. The van der Waals surface area contributed by atoms with E-state index in [0.29, 0.717) is 13.0 Å². The average Bonchev–Trinajstić information content (AvgIpc) is 2.38. The Balaban J connectivity index is 3.10. The van der Waals surface area contributed by atoms with Gasteiger partial charge in [0.05, 0.1) is 10.5 Å². The minimum absolute atomic E-state index is 0.00541. The van der Waals surface area contributed by atoms with Crippen molar-refractivity contribution in [3.05, 3.63) is 27.9 Å². The molecular weight excluding hydrogens is 264 g/mol. The number of nitro groups is 1. The Hall–Kier alpha value is -2.22. The molecular formula is C12H18N4O4. The molecule has 0 radical (unpaired) electrons. The molecule has 0 bridgehead atoms. The van der Waals surface area contributed by atoms with Crippen LogP contribution in [0.1, 0.15) is 30.6 Å². The number of hydrogen-bond donors (Lipinski definition) is 2. The lowest BCUT2D eigenvalue weighted by Gasteiger charge is -2.26. The van der Waals surface area contributed by atoms with Crippen molar-refractivity contribution in [2.75, 3.05) is 18.9 Å². The summed E-state index contributed by atoms with van der Waals surface area (Å²) in [6, 6.07) is 1.01. The van der Waals surface area contributed by atoms with E-state index in [1.807, 2.05) is 13.8 Å². The van der Waals surface area contributed by atoms with Crippen molar-refractivity contribution in [1.82, 2.24) is 9.88 Å². The number of nitrogen functional groups attached to an aromatic ring is 1. The van der Waals surface area contributed by atoms with E-state index in [0.717, 1.165) is 12.3 Å². The van der Waals surface area contributed by atoms with E-state index in [1.165, 1.54) is 4.90 Å². The Kier molecular flexibility index (Phi) is 5.39. The van der Waals surface area contributed by atoms with Crippen molar-refractivity contribution in [3.8, 4) is 0 Å². The molecule has 3 N–H and O–H groups in total. The normalized spacial score (nSPS) is 10.6. The van der Waals surface area contributed by atoms with Crippen LogP contribution in [0.15, 0.2) is 12.3 Å². The minimum Gasteiger partial charge on any atom is -0.396 e. The molecule has 1 aromatic heterocycles. The maximum Gasteiger partial charge on any atom is 0.288 e. The highest BCUT2D eigenvalue weighted by Crippen LogP contribution is 2.19. The summed E-state index contributed by atoms with van der Waals surface area (Å²) in [7, 11) is 0. The molecule has 1 amide bonds. The highest BCUT2D eigenvalue weighted by atomic mass is 16.6. The van der Waals surface area contributed by atoms with Crippen molar-refractivity contribution in [2.45, 2.75) is 26.3 Å². The fourth-order valence-electron chi connectivity index (χ4n) is 1.73. The topological polar surface area (TPSA) is 123 Å². The number of carbonyl (C=O) groups is 1. The Morgan fingerprint density at radius 3 is 2.75 bits per heavy atom. The molecule has 0 fully saturated rings. The Bertz CT molecular complexity index is 504. The first kappa shape index (κ1) is 15.8. The molecule has 1 rings (SSSR count). The number of anilines is 1. The molecule has 110 valence electrons. The van der Waals surface area contributed by atoms with Gasteiger partial charge in [-0.25, -0.2) is 4.98 Å².